The van der Waals surface area contributed by atoms with Crippen molar-refractivity contribution >= 4 is 11.4 Å². The van der Waals surface area contributed by atoms with Gasteiger partial charge in [-0.25, -0.2) is 4.39 Å². The number of halogens is 1. The highest BCUT2D eigenvalue weighted by molar-refractivity contribution is 5.64. The van der Waals surface area contributed by atoms with Crippen LogP contribution in [0, 0.1) is 21.8 Å². The molecular formula is C13H18FN3O2. The van der Waals surface area contributed by atoms with E-state index >= 15 is 0 Å². The van der Waals surface area contributed by atoms with E-state index in [9.17, 15) is 14.5 Å². The fourth-order valence-corrected chi connectivity index (χ4v) is 2.79. The molecule has 6 heteroatoms. The predicted octanol–water partition coefficient (Wildman–Crippen LogP) is 2.30. The van der Waals surface area contributed by atoms with E-state index in [0.29, 0.717) is 24.7 Å². The first kappa shape index (κ1) is 13.7. The second kappa shape index (κ2) is 5.52. The predicted molar refractivity (Wildman–Crippen MR) is 71.6 cm³/mol. The molecule has 2 atom stereocenters. The first-order chi connectivity index (χ1) is 9.04. The number of nitro benzene ring substituents is 1. The molecule has 0 spiro atoms. The van der Waals surface area contributed by atoms with Crippen molar-refractivity contribution in [1.29, 1.82) is 0 Å². The number of anilines is 1. The van der Waals surface area contributed by atoms with E-state index in [0.717, 1.165) is 18.9 Å². The SMILES string of the molecule is CC1CCCN(c2cc(F)ccc2[N+](=O)[O-])C1CN. The van der Waals surface area contributed by atoms with Gasteiger partial charge in [0, 0.05) is 31.3 Å². The van der Waals surface area contributed by atoms with Crippen molar-refractivity contribution in [2.45, 2.75) is 25.8 Å². The number of hydrogen-bond acceptors (Lipinski definition) is 4. The van der Waals surface area contributed by atoms with E-state index in [2.05, 4.69) is 6.92 Å². The largest absolute Gasteiger partial charge is 0.361 e. The van der Waals surface area contributed by atoms with Crippen LogP contribution in [0.1, 0.15) is 19.8 Å². The summed E-state index contributed by atoms with van der Waals surface area (Å²) in [5.74, 6) is -0.115. The molecule has 0 aliphatic carbocycles. The summed E-state index contributed by atoms with van der Waals surface area (Å²) in [5, 5.41) is 11.1. The minimum atomic E-state index is -0.471. The van der Waals surface area contributed by atoms with Crippen molar-refractivity contribution < 1.29 is 9.31 Å². The smallest absolute Gasteiger partial charge is 0.292 e. The average molecular weight is 267 g/mol. The van der Waals surface area contributed by atoms with Crippen molar-refractivity contribution in [3.8, 4) is 0 Å². The summed E-state index contributed by atoms with van der Waals surface area (Å²) in [5.41, 5.74) is 6.06. The van der Waals surface area contributed by atoms with Gasteiger partial charge in [-0.3, -0.25) is 10.1 Å². The fraction of sp³-hybridized carbons (Fsp3) is 0.538. The molecule has 0 aromatic heterocycles. The van der Waals surface area contributed by atoms with E-state index in [4.69, 9.17) is 5.73 Å². The third-order valence-corrected chi connectivity index (χ3v) is 3.80. The lowest BCUT2D eigenvalue weighted by atomic mass is 9.90. The van der Waals surface area contributed by atoms with Gasteiger partial charge in [-0.2, -0.15) is 0 Å². The minimum absolute atomic E-state index is 0.0225. The second-order valence-corrected chi connectivity index (χ2v) is 5.01. The number of nitrogens with zero attached hydrogens (tertiary/aromatic N) is 2. The van der Waals surface area contributed by atoms with Gasteiger partial charge in [-0.05, 0) is 24.8 Å². The van der Waals surface area contributed by atoms with Gasteiger partial charge in [0.15, 0.2) is 0 Å². The summed E-state index contributed by atoms with van der Waals surface area (Å²) in [6.45, 7) is 3.17. The van der Waals surface area contributed by atoms with Crippen LogP contribution in [0.5, 0.6) is 0 Å². The molecule has 0 amide bonds. The normalized spacial score (nSPS) is 23.4. The molecule has 1 aromatic carbocycles. The zero-order valence-electron chi connectivity index (χ0n) is 10.9. The fourth-order valence-electron chi connectivity index (χ4n) is 2.79. The number of nitrogens with two attached hydrogens (primary N) is 1. The van der Waals surface area contributed by atoms with Gasteiger partial charge in [-0.15, -0.1) is 0 Å². The topological polar surface area (TPSA) is 72.4 Å². The Hall–Kier alpha value is -1.69. The van der Waals surface area contributed by atoms with Crippen LogP contribution in [-0.4, -0.2) is 24.1 Å². The Kier molecular flexibility index (Phi) is 3.99. The molecule has 0 bridgehead atoms. The zero-order chi connectivity index (χ0) is 14.0. The molecule has 5 nitrogen and oxygen atoms in total. The Morgan fingerprint density at radius 1 is 1.58 bits per heavy atom. The lowest BCUT2D eigenvalue weighted by molar-refractivity contribution is -0.384. The molecule has 1 saturated heterocycles. The molecule has 0 saturated carbocycles. The van der Waals surface area contributed by atoms with Crippen molar-refractivity contribution in [2.24, 2.45) is 11.7 Å². The highest BCUT2D eigenvalue weighted by Crippen LogP contribution is 2.35. The van der Waals surface area contributed by atoms with Crippen LogP contribution in [-0.2, 0) is 0 Å². The first-order valence-electron chi connectivity index (χ1n) is 6.45. The van der Waals surface area contributed by atoms with Gasteiger partial charge in [0.25, 0.3) is 5.69 Å². The monoisotopic (exact) mass is 267 g/mol. The highest BCUT2D eigenvalue weighted by Gasteiger charge is 2.31. The van der Waals surface area contributed by atoms with Crippen LogP contribution in [0.2, 0.25) is 0 Å². The zero-order valence-corrected chi connectivity index (χ0v) is 10.9. The molecule has 2 rings (SSSR count). The molecule has 104 valence electrons. The minimum Gasteiger partial charge on any atom is -0.361 e. The summed E-state index contributed by atoms with van der Waals surface area (Å²) < 4.78 is 13.4. The Bertz CT molecular complexity index is 481. The summed E-state index contributed by atoms with van der Waals surface area (Å²) in [7, 11) is 0. The van der Waals surface area contributed by atoms with Crippen LogP contribution in [0.4, 0.5) is 15.8 Å². The lowest BCUT2D eigenvalue weighted by Crippen LogP contribution is -2.49. The van der Waals surface area contributed by atoms with Crippen molar-refractivity contribution in [1.82, 2.24) is 0 Å². The molecule has 2 unspecified atom stereocenters. The van der Waals surface area contributed by atoms with Crippen LogP contribution < -0.4 is 10.6 Å². The standard InChI is InChI=1S/C13H18FN3O2/c1-9-3-2-6-16(13(9)8-15)12-7-10(14)4-5-11(12)17(18)19/h4-5,7,9,13H,2-3,6,8,15H2,1H3. The quantitative estimate of drug-likeness (QED) is 0.673. The molecule has 1 heterocycles. The summed E-state index contributed by atoms with van der Waals surface area (Å²) in [6, 6.07) is 3.59. The summed E-state index contributed by atoms with van der Waals surface area (Å²) in [4.78, 5) is 12.5. The van der Waals surface area contributed by atoms with Crippen LogP contribution in [0.25, 0.3) is 0 Å². The number of hydrogen-bond donors (Lipinski definition) is 1. The number of piperidine rings is 1. The summed E-state index contributed by atoms with van der Waals surface area (Å²) >= 11 is 0. The Labute approximate surface area is 111 Å². The molecule has 19 heavy (non-hydrogen) atoms. The molecule has 2 N–H and O–H groups in total. The van der Waals surface area contributed by atoms with E-state index in [1.54, 1.807) is 0 Å². The number of rotatable bonds is 3. The molecule has 1 aliphatic rings. The maximum absolute atomic E-state index is 13.4. The van der Waals surface area contributed by atoms with E-state index in [1.165, 1.54) is 12.1 Å². The highest BCUT2D eigenvalue weighted by atomic mass is 19.1. The van der Waals surface area contributed by atoms with Gasteiger partial charge in [0.05, 0.1) is 4.92 Å². The Balaban J connectivity index is 2.43. The van der Waals surface area contributed by atoms with Gasteiger partial charge in [-0.1, -0.05) is 6.92 Å². The van der Waals surface area contributed by atoms with Crippen LogP contribution in [0.15, 0.2) is 18.2 Å². The van der Waals surface area contributed by atoms with E-state index in [-0.39, 0.29) is 11.7 Å². The van der Waals surface area contributed by atoms with Crippen molar-refractivity contribution in [3.63, 3.8) is 0 Å². The third kappa shape index (κ3) is 2.68. The van der Waals surface area contributed by atoms with Crippen molar-refractivity contribution in [2.75, 3.05) is 18.0 Å². The Morgan fingerprint density at radius 3 is 2.95 bits per heavy atom. The second-order valence-electron chi connectivity index (χ2n) is 5.01. The first-order valence-corrected chi connectivity index (χ1v) is 6.45. The third-order valence-electron chi connectivity index (χ3n) is 3.80. The maximum Gasteiger partial charge on any atom is 0.292 e. The van der Waals surface area contributed by atoms with Gasteiger partial charge in [0.1, 0.15) is 11.5 Å². The van der Waals surface area contributed by atoms with E-state index < -0.39 is 10.7 Å². The lowest BCUT2D eigenvalue weighted by Gasteiger charge is -2.40. The van der Waals surface area contributed by atoms with Gasteiger partial charge < -0.3 is 10.6 Å². The molecule has 1 aromatic rings. The van der Waals surface area contributed by atoms with E-state index in [1.807, 2.05) is 4.90 Å². The molecule has 1 fully saturated rings. The number of benzene rings is 1. The maximum atomic E-state index is 13.4. The van der Waals surface area contributed by atoms with Crippen LogP contribution >= 0.6 is 0 Å². The number of nitro groups is 1. The van der Waals surface area contributed by atoms with Gasteiger partial charge >= 0.3 is 0 Å². The Morgan fingerprint density at radius 2 is 2.32 bits per heavy atom. The molecule has 1 aliphatic heterocycles. The summed E-state index contributed by atoms with van der Waals surface area (Å²) in [6.07, 6.45) is 1.98. The molecular weight excluding hydrogens is 249 g/mol. The van der Waals surface area contributed by atoms with Crippen molar-refractivity contribution in [3.05, 3.63) is 34.1 Å². The van der Waals surface area contributed by atoms with Crippen LogP contribution in [0.3, 0.4) is 0 Å². The molecule has 0 radical (unpaired) electrons. The average Bonchev–Trinajstić information content (AvgIpc) is 2.37. The van der Waals surface area contributed by atoms with Gasteiger partial charge in [0.2, 0.25) is 0 Å².